The lowest BCUT2D eigenvalue weighted by atomic mass is 9.97. The number of esters is 1. The molecule has 19 heavy (non-hydrogen) atoms. The van der Waals surface area contributed by atoms with Crippen LogP contribution in [0.15, 0.2) is 0 Å². The molecule has 0 bridgehead atoms. The summed E-state index contributed by atoms with van der Waals surface area (Å²) in [5.41, 5.74) is 4.67. The van der Waals surface area contributed by atoms with E-state index in [1.54, 1.807) is 0 Å². The van der Waals surface area contributed by atoms with Crippen molar-refractivity contribution in [1.29, 1.82) is 0 Å². The van der Waals surface area contributed by atoms with Gasteiger partial charge in [-0.1, -0.05) is 12.8 Å². The van der Waals surface area contributed by atoms with Crippen LogP contribution < -0.4 is 11.1 Å². The molecule has 0 radical (unpaired) electrons. The average Bonchev–Trinajstić information content (AvgIpc) is 3.06. The fourth-order valence-electron chi connectivity index (χ4n) is 2.94. The van der Waals surface area contributed by atoms with Gasteiger partial charge in [0.2, 0.25) is 5.91 Å². The Morgan fingerprint density at radius 1 is 1.37 bits per heavy atom. The second-order valence-electron chi connectivity index (χ2n) is 5.33. The van der Waals surface area contributed by atoms with Crippen LogP contribution in [0.2, 0.25) is 0 Å². The second kappa shape index (κ2) is 5.88. The molecular weight excluding hydrogens is 248 g/mol. The van der Waals surface area contributed by atoms with Crippen LogP contribution in [-0.2, 0) is 19.1 Å². The Hall–Kier alpha value is -1.14. The highest BCUT2D eigenvalue weighted by Gasteiger charge is 2.45. The van der Waals surface area contributed by atoms with Gasteiger partial charge >= 0.3 is 5.97 Å². The summed E-state index contributed by atoms with van der Waals surface area (Å²) < 4.78 is 10.4. The number of carbonyl (C=O) groups is 2. The Bertz CT molecular complexity index is 353. The number of amides is 1. The molecule has 2 atom stereocenters. The van der Waals surface area contributed by atoms with E-state index in [-0.39, 0.29) is 18.0 Å². The molecule has 1 saturated heterocycles. The zero-order chi connectivity index (χ0) is 13.9. The van der Waals surface area contributed by atoms with Gasteiger partial charge in [-0.25, -0.2) is 4.79 Å². The summed E-state index contributed by atoms with van der Waals surface area (Å²) in [6.45, 7) is 0.423. The van der Waals surface area contributed by atoms with Crippen LogP contribution in [0.3, 0.4) is 0 Å². The lowest BCUT2D eigenvalue weighted by Gasteiger charge is -2.28. The van der Waals surface area contributed by atoms with Crippen molar-refractivity contribution >= 4 is 11.9 Å². The van der Waals surface area contributed by atoms with Crippen molar-refractivity contribution in [2.24, 2.45) is 5.73 Å². The van der Waals surface area contributed by atoms with E-state index < -0.39 is 11.6 Å². The number of ether oxygens (including phenoxy) is 2. The van der Waals surface area contributed by atoms with Crippen molar-refractivity contribution < 1.29 is 19.1 Å². The Morgan fingerprint density at radius 3 is 2.58 bits per heavy atom. The standard InChI is InChI=1S/C13H22N2O4/c1-18-12(17)13(6-2-3-7-13)15-11(16)10-5-4-9(8-14)19-10/h9-10H,2-8,14H2,1H3,(H,15,16)/t9-,10+/m1/s1. The highest BCUT2D eigenvalue weighted by atomic mass is 16.5. The number of hydrogen-bond donors (Lipinski definition) is 2. The van der Waals surface area contributed by atoms with E-state index in [4.69, 9.17) is 15.2 Å². The summed E-state index contributed by atoms with van der Waals surface area (Å²) in [7, 11) is 1.35. The van der Waals surface area contributed by atoms with E-state index in [0.29, 0.717) is 25.8 Å². The summed E-state index contributed by atoms with van der Waals surface area (Å²) >= 11 is 0. The molecule has 1 heterocycles. The molecule has 6 heteroatoms. The zero-order valence-electron chi connectivity index (χ0n) is 11.3. The zero-order valence-corrected chi connectivity index (χ0v) is 11.3. The fourth-order valence-corrected chi connectivity index (χ4v) is 2.94. The first kappa shape index (κ1) is 14.3. The maximum atomic E-state index is 12.2. The second-order valence-corrected chi connectivity index (χ2v) is 5.33. The molecule has 0 aromatic carbocycles. The topological polar surface area (TPSA) is 90.7 Å². The molecule has 108 valence electrons. The summed E-state index contributed by atoms with van der Waals surface area (Å²) in [5.74, 6) is -0.574. The maximum absolute atomic E-state index is 12.2. The van der Waals surface area contributed by atoms with E-state index in [9.17, 15) is 9.59 Å². The van der Waals surface area contributed by atoms with Gasteiger partial charge in [0, 0.05) is 6.54 Å². The largest absolute Gasteiger partial charge is 0.467 e. The van der Waals surface area contributed by atoms with Crippen LogP contribution in [0.1, 0.15) is 38.5 Å². The predicted octanol–water partition coefficient (Wildman–Crippen LogP) is 0.0947. The Kier molecular flexibility index (Phi) is 4.42. The van der Waals surface area contributed by atoms with Crippen molar-refractivity contribution in [3.05, 3.63) is 0 Å². The molecule has 0 aromatic rings. The van der Waals surface area contributed by atoms with E-state index >= 15 is 0 Å². The first-order valence-corrected chi connectivity index (χ1v) is 6.87. The number of carbonyl (C=O) groups excluding carboxylic acids is 2. The quantitative estimate of drug-likeness (QED) is 0.707. The third-order valence-electron chi connectivity index (χ3n) is 4.06. The van der Waals surface area contributed by atoms with Crippen molar-refractivity contribution in [2.45, 2.75) is 56.3 Å². The lowest BCUT2D eigenvalue weighted by Crippen LogP contribution is -2.55. The normalized spacial score (nSPS) is 29.2. The van der Waals surface area contributed by atoms with Crippen LogP contribution in [0.4, 0.5) is 0 Å². The minimum Gasteiger partial charge on any atom is -0.467 e. The highest BCUT2D eigenvalue weighted by molar-refractivity contribution is 5.90. The van der Waals surface area contributed by atoms with Gasteiger partial charge in [-0.05, 0) is 25.7 Å². The molecule has 1 aliphatic heterocycles. The molecule has 1 aliphatic carbocycles. The van der Waals surface area contributed by atoms with E-state index in [1.807, 2.05) is 0 Å². The number of rotatable bonds is 4. The molecular formula is C13H22N2O4. The van der Waals surface area contributed by atoms with Gasteiger partial charge in [-0.15, -0.1) is 0 Å². The molecule has 6 nitrogen and oxygen atoms in total. The smallest absolute Gasteiger partial charge is 0.331 e. The number of nitrogens with two attached hydrogens (primary N) is 1. The summed E-state index contributed by atoms with van der Waals surface area (Å²) in [6, 6.07) is 0. The molecule has 0 spiro atoms. The molecule has 0 aromatic heterocycles. The van der Waals surface area contributed by atoms with Crippen molar-refractivity contribution in [3.63, 3.8) is 0 Å². The summed E-state index contributed by atoms with van der Waals surface area (Å²) in [4.78, 5) is 24.1. The third-order valence-corrected chi connectivity index (χ3v) is 4.06. The van der Waals surface area contributed by atoms with Gasteiger partial charge in [0.25, 0.3) is 0 Å². The predicted molar refractivity (Wildman–Crippen MR) is 68.3 cm³/mol. The molecule has 2 aliphatic rings. The maximum Gasteiger partial charge on any atom is 0.331 e. The van der Waals surface area contributed by atoms with Crippen molar-refractivity contribution in [3.8, 4) is 0 Å². The highest BCUT2D eigenvalue weighted by Crippen LogP contribution is 2.31. The van der Waals surface area contributed by atoms with Gasteiger partial charge in [0.15, 0.2) is 0 Å². The Morgan fingerprint density at radius 2 is 2.05 bits per heavy atom. The minimum absolute atomic E-state index is 0.0478. The van der Waals surface area contributed by atoms with Gasteiger partial charge in [0.05, 0.1) is 13.2 Å². The Balaban J connectivity index is 1.98. The van der Waals surface area contributed by atoms with Crippen molar-refractivity contribution in [1.82, 2.24) is 5.32 Å². The molecule has 0 unspecified atom stereocenters. The lowest BCUT2D eigenvalue weighted by molar-refractivity contribution is -0.152. The van der Waals surface area contributed by atoms with E-state index in [1.165, 1.54) is 7.11 Å². The van der Waals surface area contributed by atoms with Crippen LogP contribution in [-0.4, -0.2) is 43.3 Å². The molecule has 1 saturated carbocycles. The molecule has 2 rings (SSSR count). The fraction of sp³-hybridized carbons (Fsp3) is 0.846. The number of hydrogen-bond acceptors (Lipinski definition) is 5. The summed E-state index contributed by atoms with van der Waals surface area (Å²) in [6.07, 6.45) is 4.03. The number of methoxy groups -OCH3 is 1. The van der Waals surface area contributed by atoms with E-state index in [0.717, 1.165) is 19.3 Å². The van der Waals surface area contributed by atoms with E-state index in [2.05, 4.69) is 5.32 Å². The molecule has 1 amide bonds. The van der Waals surface area contributed by atoms with Crippen LogP contribution in [0.5, 0.6) is 0 Å². The SMILES string of the molecule is COC(=O)C1(NC(=O)[C@@H]2CC[C@H](CN)O2)CCCC1. The first-order valence-electron chi connectivity index (χ1n) is 6.87. The minimum atomic E-state index is -0.851. The molecule has 3 N–H and O–H groups in total. The van der Waals surface area contributed by atoms with Crippen LogP contribution in [0.25, 0.3) is 0 Å². The van der Waals surface area contributed by atoms with Crippen LogP contribution in [0, 0.1) is 0 Å². The monoisotopic (exact) mass is 270 g/mol. The van der Waals surface area contributed by atoms with Gasteiger partial charge in [-0.2, -0.15) is 0 Å². The first-order chi connectivity index (χ1) is 9.11. The van der Waals surface area contributed by atoms with Crippen LogP contribution >= 0.6 is 0 Å². The third kappa shape index (κ3) is 2.90. The average molecular weight is 270 g/mol. The van der Waals surface area contributed by atoms with Gasteiger partial charge in [0.1, 0.15) is 11.6 Å². The number of nitrogens with one attached hydrogen (secondary N) is 1. The molecule has 2 fully saturated rings. The summed E-state index contributed by atoms with van der Waals surface area (Å²) in [5, 5.41) is 2.85. The Labute approximate surface area is 113 Å². The van der Waals surface area contributed by atoms with Crippen molar-refractivity contribution in [2.75, 3.05) is 13.7 Å². The van der Waals surface area contributed by atoms with Gasteiger partial charge < -0.3 is 20.5 Å². The van der Waals surface area contributed by atoms with Gasteiger partial charge in [-0.3, -0.25) is 4.79 Å².